The Labute approximate surface area is 121 Å². The topological polar surface area (TPSA) is 79.8 Å². The van der Waals surface area contributed by atoms with Crippen LogP contribution in [-0.2, 0) is 6.42 Å². The highest BCUT2D eigenvalue weighted by Gasteiger charge is 2.14. The molecule has 1 amide bonds. The zero-order chi connectivity index (χ0) is 14.5. The largest absolute Gasteiger partial charge is 0.387 e. The van der Waals surface area contributed by atoms with Gasteiger partial charge in [0.1, 0.15) is 5.01 Å². The van der Waals surface area contributed by atoms with Gasteiger partial charge in [-0.2, -0.15) is 0 Å². The van der Waals surface area contributed by atoms with Crippen molar-refractivity contribution in [2.45, 2.75) is 20.3 Å². The molecule has 0 aliphatic heterocycles. The molecule has 0 bridgehead atoms. The predicted octanol–water partition coefficient (Wildman–Crippen LogP) is 2.43. The van der Waals surface area contributed by atoms with Crippen molar-refractivity contribution in [2.24, 2.45) is 5.92 Å². The number of carbonyl (C=O) groups excluding carboxylic acids is 1. The Morgan fingerprint density at radius 1 is 1.40 bits per heavy atom. The third kappa shape index (κ3) is 3.51. The molecule has 2 N–H and O–H groups in total. The lowest BCUT2D eigenvalue weighted by Gasteiger charge is -2.06. The SMILES string of the molecule is CNc1ccncc1C(=O)Nc1nnc(CC(C)C)s1. The average molecular weight is 291 g/mol. The van der Waals surface area contributed by atoms with Gasteiger partial charge in [-0.1, -0.05) is 25.2 Å². The van der Waals surface area contributed by atoms with Crippen LogP contribution in [0.5, 0.6) is 0 Å². The molecule has 2 aromatic heterocycles. The van der Waals surface area contributed by atoms with Crippen LogP contribution < -0.4 is 10.6 Å². The van der Waals surface area contributed by atoms with Crippen molar-refractivity contribution in [3.8, 4) is 0 Å². The Kier molecular flexibility index (Phi) is 4.62. The quantitative estimate of drug-likeness (QED) is 0.884. The fourth-order valence-electron chi connectivity index (χ4n) is 1.69. The van der Waals surface area contributed by atoms with Gasteiger partial charge in [-0.15, -0.1) is 10.2 Å². The first-order valence-electron chi connectivity index (χ1n) is 6.35. The number of pyridine rings is 1. The Bertz CT molecular complexity index is 596. The second-order valence-electron chi connectivity index (χ2n) is 4.72. The molecule has 2 rings (SSSR count). The van der Waals surface area contributed by atoms with Crippen molar-refractivity contribution in [3.63, 3.8) is 0 Å². The van der Waals surface area contributed by atoms with Gasteiger partial charge in [0.2, 0.25) is 5.13 Å². The van der Waals surface area contributed by atoms with E-state index in [2.05, 4.69) is 39.7 Å². The Hall–Kier alpha value is -2.02. The number of aromatic nitrogens is 3. The molecule has 0 atom stereocenters. The third-order valence-electron chi connectivity index (χ3n) is 2.61. The molecule has 2 heterocycles. The van der Waals surface area contributed by atoms with E-state index in [1.807, 2.05) is 0 Å². The van der Waals surface area contributed by atoms with Crippen molar-refractivity contribution in [1.29, 1.82) is 0 Å². The molecule has 6 nitrogen and oxygen atoms in total. The summed E-state index contributed by atoms with van der Waals surface area (Å²) in [4.78, 5) is 16.1. The maximum atomic E-state index is 12.2. The van der Waals surface area contributed by atoms with Crippen LogP contribution in [0.2, 0.25) is 0 Å². The first-order chi connectivity index (χ1) is 9.60. The number of nitrogens with one attached hydrogen (secondary N) is 2. The maximum Gasteiger partial charge on any atom is 0.261 e. The first-order valence-corrected chi connectivity index (χ1v) is 7.17. The summed E-state index contributed by atoms with van der Waals surface area (Å²) in [5.74, 6) is 0.274. The standard InChI is InChI=1S/C13H17N5OS/c1-8(2)6-11-17-18-13(20-11)16-12(19)9-7-15-5-4-10(9)14-3/h4-5,7-8H,6H2,1-3H3,(H,14,15)(H,16,18,19). The molecule has 0 spiro atoms. The maximum absolute atomic E-state index is 12.2. The van der Waals surface area contributed by atoms with E-state index in [1.165, 1.54) is 17.5 Å². The smallest absolute Gasteiger partial charge is 0.261 e. The van der Waals surface area contributed by atoms with E-state index in [-0.39, 0.29) is 5.91 Å². The number of amides is 1. The molecule has 0 fully saturated rings. The molecule has 106 valence electrons. The van der Waals surface area contributed by atoms with E-state index < -0.39 is 0 Å². The van der Waals surface area contributed by atoms with E-state index in [4.69, 9.17) is 0 Å². The van der Waals surface area contributed by atoms with Crippen molar-refractivity contribution < 1.29 is 4.79 Å². The van der Waals surface area contributed by atoms with Gasteiger partial charge in [-0.3, -0.25) is 15.1 Å². The summed E-state index contributed by atoms with van der Waals surface area (Å²) >= 11 is 1.40. The van der Waals surface area contributed by atoms with Crippen molar-refractivity contribution >= 4 is 28.1 Å². The zero-order valence-corrected chi connectivity index (χ0v) is 12.5. The highest BCUT2D eigenvalue weighted by molar-refractivity contribution is 7.15. The van der Waals surface area contributed by atoms with Crippen molar-refractivity contribution in [2.75, 3.05) is 17.7 Å². The van der Waals surface area contributed by atoms with Gasteiger partial charge in [-0.05, 0) is 12.0 Å². The van der Waals surface area contributed by atoms with E-state index in [0.717, 1.165) is 17.1 Å². The molecule has 0 unspecified atom stereocenters. The monoisotopic (exact) mass is 291 g/mol. The highest BCUT2D eigenvalue weighted by Crippen LogP contribution is 2.20. The van der Waals surface area contributed by atoms with Crippen LogP contribution in [0, 0.1) is 5.92 Å². The van der Waals surface area contributed by atoms with Gasteiger partial charge < -0.3 is 5.32 Å². The summed E-state index contributed by atoms with van der Waals surface area (Å²) in [5, 5.41) is 15.2. The molecular formula is C13H17N5OS. The van der Waals surface area contributed by atoms with Crippen LogP contribution in [0.1, 0.15) is 29.2 Å². The zero-order valence-electron chi connectivity index (χ0n) is 11.7. The number of hydrogen-bond acceptors (Lipinski definition) is 6. The van der Waals surface area contributed by atoms with Crippen LogP contribution in [0.15, 0.2) is 18.5 Å². The Morgan fingerprint density at radius 2 is 2.20 bits per heavy atom. The van der Waals surface area contributed by atoms with E-state index in [9.17, 15) is 4.79 Å². The summed E-state index contributed by atoms with van der Waals surface area (Å²) in [5.41, 5.74) is 1.21. The van der Waals surface area contributed by atoms with Gasteiger partial charge in [0.05, 0.1) is 5.56 Å². The summed E-state index contributed by atoms with van der Waals surface area (Å²) < 4.78 is 0. The summed E-state index contributed by atoms with van der Waals surface area (Å²) in [6, 6.07) is 1.75. The van der Waals surface area contributed by atoms with Crippen LogP contribution in [0.4, 0.5) is 10.8 Å². The minimum absolute atomic E-state index is 0.241. The summed E-state index contributed by atoms with van der Waals surface area (Å²) in [6.45, 7) is 4.24. The van der Waals surface area contributed by atoms with Crippen LogP contribution in [-0.4, -0.2) is 28.1 Å². The number of carbonyl (C=O) groups is 1. The molecule has 20 heavy (non-hydrogen) atoms. The number of anilines is 2. The van der Waals surface area contributed by atoms with Crippen molar-refractivity contribution in [3.05, 3.63) is 29.0 Å². The molecule has 0 saturated heterocycles. The molecule has 0 aromatic carbocycles. The lowest BCUT2D eigenvalue weighted by molar-refractivity contribution is 0.102. The van der Waals surface area contributed by atoms with Gasteiger partial charge in [-0.25, -0.2) is 0 Å². The molecule has 0 aliphatic rings. The molecule has 2 aromatic rings. The summed E-state index contributed by atoms with van der Waals surface area (Å²) in [7, 11) is 1.76. The molecule has 0 radical (unpaired) electrons. The minimum atomic E-state index is -0.241. The molecular weight excluding hydrogens is 274 g/mol. The fourth-order valence-corrected chi connectivity index (χ4v) is 2.64. The van der Waals surface area contributed by atoms with Gasteiger partial charge in [0.25, 0.3) is 5.91 Å². The van der Waals surface area contributed by atoms with E-state index >= 15 is 0 Å². The normalized spacial score (nSPS) is 10.6. The fraction of sp³-hybridized carbons (Fsp3) is 0.385. The van der Waals surface area contributed by atoms with Crippen LogP contribution >= 0.6 is 11.3 Å². The molecule has 7 heteroatoms. The lowest BCUT2D eigenvalue weighted by atomic mass is 10.1. The Balaban J connectivity index is 2.09. The lowest BCUT2D eigenvalue weighted by Crippen LogP contribution is -2.14. The Morgan fingerprint density at radius 3 is 2.90 bits per heavy atom. The number of nitrogens with zero attached hydrogens (tertiary/aromatic N) is 3. The van der Waals surface area contributed by atoms with Gasteiger partial charge in [0.15, 0.2) is 0 Å². The second kappa shape index (κ2) is 6.42. The second-order valence-corrected chi connectivity index (χ2v) is 5.79. The number of rotatable bonds is 5. The third-order valence-corrected chi connectivity index (χ3v) is 3.47. The van der Waals surface area contributed by atoms with E-state index in [0.29, 0.717) is 16.6 Å². The molecule has 0 saturated carbocycles. The van der Waals surface area contributed by atoms with Crippen LogP contribution in [0.3, 0.4) is 0 Å². The number of hydrogen-bond donors (Lipinski definition) is 2. The first kappa shape index (κ1) is 14.4. The van der Waals surface area contributed by atoms with E-state index in [1.54, 1.807) is 19.3 Å². The van der Waals surface area contributed by atoms with Crippen LogP contribution in [0.25, 0.3) is 0 Å². The highest BCUT2D eigenvalue weighted by atomic mass is 32.1. The van der Waals surface area contributed by atoms with Crippen molar-refractivity contribution in [1.82, 2.24) is 15.2 Å². The summed E-state index contributed by atoms with van der Waals surface area (Å²) in [6.07, 6.45) is 4.02. The average Bonchev–Trinajstić information content (AvgIpc) is 2.85. The van der Waals surface area contributed by atoms with Gasteiger partial charge >= 0.3 is 0 Å². The predicted molar refractivity (Wildman–Crippen MR) is 80.2 cm³/mol. The van der Waals surface area contributed by atoms with Gasteiger partial charge in [0, 0.05) is 31.5 Å². The minimum Gasteiger partial charge on any atom is -0.387 e. The molecule has 0 aliphatic carbocycles.